The lowest BCUT2D eigenvalue weighted by Gasteiger charge is -2.19. The van der Waals surface area contributed by atoms with E-state index in [4.69, 9.17) is 5.73 Å². The Morgan fingerprint density at radius 1 is 1.05 bits per heavy atom. The Morgan fingerprint density at radius 2 is 1.85 bits per heavy atom. The quantitative estimate of drug-likeness (QED) is 0.680. The first kappa shape index (κ1) is 13.7. The Bertz CT molecular complexity index is 689. The first-order valence-electron chi connectivity index (χ1n) is 6.67. The van der Waals surface area contributed by atoms with Crippen molar-refractivity contribution in [2.24, 2.45) is 5.73 Å². The number of rotatable bonds is 4. The molecule has 20 heavy (non-hydrogen) atoms. The van der Waals surface area contributed by atoms with Crippen LogP contribution >= 0.6 is 23.1 Å². The molecule has 2 unspecified atom stereocenters. The van der Waals surface area contributed by atoms with Crippen molar-refractivity contribution in [1.29, 1.82) is 0 Å². The van der Waals surface area contributed by atoms with Gasteiger partial charge in [0.2, 0.25) is 0 Å². The fourth-order valence-electron chi connectivity index (χ4n) is 2.30. The topological polar surface area (TPSA) is 26.0 Å². The molecule has 0 bridgehead atoms. The lowest BCUT2D eigenvalue weighted by atomic mass is 10.1. The van der Waals surface area contributed by atoms with E-state index >= 15 is 0 Å². The molecule has 0 spiro atoms. The minimum atomic E-state index is 0.126. The van der Waals surface area contributed by atoms with E-state index in [1.165, 1.54) is 21.2 Å². The third-order valence-electron chi connectivity index (χ3n) is 3.33. The second-order valence-corrected chi connectivity index (χ2v) is 6.96. The summed E-state index contributed by atoms with van der Waals surface area (Å²) in [5.41, 5.74) is 7.49. The van der Waals surface area contributed by atoms with Gasteiger partial charge in [0.15, 0.2) is 0 Å². The van der Waals surface area contributed by atoms with Gasteiger partial charge in [-0.2, -0.15) is 11.3 Å². The lowest BCUT2D eigenvalue weighted by Crippen LogP contribution is -2.22. The smallest absolute Gasteiger partial charge is 0.0501 e. The predicted octanol–water partition coefficient (Wildman–Crippen LogP) is 5.08. The highest BCUT2D eigenvalue weighted by Crippen LogP contribution is 2.38. The minimum absolute atomic E-state index is 0.126. The summed E-state index contributed by atoms with van der Waals surface area (Å²) in [5.74, 6) is 0. The maximum atomic E-state index is 6.17. The van der Waals surface area contributed by atoms with Gasteiger partial charge in [-0.3, -0.25) is 0 Å². The minimum Gasteiger partial charge on any atom is -0.327 e. The van der Waals surface area contributed by atoms with Crippen LogP contribution in [0.3, 0.4) is 0 Å². The molecule has 0 saturated carbocycles. The van der Waals surface area contributed by atoms with Gasteiger partial charge in [0.1, 0.15) is 0 Å². The van der Waals surface area contributed by atoms with Gasteiger partial charge in [-0.25, -0.2) is 0 Å². The summed E-state index contributed by atoms with van der Waals surface area (Å²) in [6, 6.07) is 17.4. The van der Waals surface area contributed by atoms with Crippen LogP contribution in [0.5, 0.6) is 0 Å². The molecule has 3 aromatic rings. The van der Waals surface area contributed by atoms with E-state index in [1.54, 1.807) is 11.3 Å². The molecule has 0 amide bonds. The van der Waals surface area contributed by atoms with E-state index in [1.807, 2.05) is 11.8 Å². The van der Waals surface area contributed by atoms with Crippen LogP contribution in [-0.2, 0) is 0 Å². The van der Waals surface area contributed by atoms with E-state index in [0.717, 1.165) is 0 Å². The van der Waals surface area contributed by atoms with Crippen LogP contribution in [0, 0.1) is 0 Å². The summed E-state index contributed by atoms with van der Waals surface area (Å²) in [6.45, 7) is 2.08. The van der Waals surface area contributed by atoms with Gasteiger partial charge in [-0.1, -0.05) is 30.3 Å². The number of fused-ring (bicyclic) bond motifs is 1. The van der Waals surface area contributed by atoms with E-state index in [9.17, 15) is 0 Å². The Balaban J connectivity index is 1.90. The fraction of sp³-hybridized carbons (Fsp3) is 0.176. The molecular weight excluding hydrogens is 282 g/mol. The van der Waals surface area contributed by atoms with Crippen LogP contribution in [-0.4, -0.2) is 6.04 Å². The molecule has 0 aliphatic carbocycles. The predicted molar refractivity (Wildman–Crippen MR) is 90.5 cm³/mol. The summed E-state index contributed by atoms with van der Waals surface area (Å²) in [5, 5.41) is 7.19. The Hall–Kier alpha value is -1.29. The van der Waals surface area contributed by atoms with Crippen molar-refractivity contribution in [2.45, 2.75) is 23.1 Å². The van der Waals surface area contributed by atoms with Crippen molar-refractivity contribution in [3.05, 3.63) is 64.9 Å². The molecular formula is C17H17NS2. The molecule has 1 heterocycles. The molecule has 3 heteroatoms. The third-order valence-corrected chi connectivity index (χ3v) is 5.52. The van der Waals surface area contributed by atoms with Crippen LogP contribution < -0.4 is 5.73 Å². The van der Waals surface area contributed by atoms with Gasteiger partial charge in [-0.05, 0) is 52.2 Å². The highest BCUT2D eigenvalue weighted by Gasteiger charge is 2.18. The molecule has 2 N–H and O–H groups in total. The molecule has 3 rings (SSSR count). The Kier molecular flexibility index (Phi) is 4.10. The number of nitrogens with two attached hydrogens (primary N) is 1. The summed E-state index contributed by atoms with van der Waals surface area (Å²) in [7, 11) is 0. The van der Waals surface area contributed by atoms with Crippen molar-refractivity contribution in [3.8, 4) is 0 Å². The Morgan fingerprint density at radius 3 is 2.55 bits per heavy atom. The van der Waals surface area contributed by atoms with Gasteiger partial charge in [-0.15, -0.1) is 11.8 Å². The van der Waals surface area contributed by atoms with Crippen LogP contribution in [0.1, 0.15) is 17.7 Å². The maximum Gasteiger partial charge on any atom is 0.0501 e. The SMILES string of the molecule is CC(N)C(Sc1ccc2ccccc2c1)c1ccsc1. The summed E-state index contributed by atoms with van der Waals surface area (Å²) in [6.07, 6.45) is 0. The summed E-state index contributed by atoms with van der Waals surface area (Å²) in [4.78, 5) is 1.28. The van der Waals surface area contributed by atoms with E-state index in [2.05, 4.69) is 66.2 Å². The highest BCUT2D eigenvalue weighted by atomic mass is 32.2. The van der Waals surface area contributed by atoms with Gasteiger partial charge >= 0.3 is 0 Å². The summed E-state index contributed by atoms with van der Waals surface area (Å²) >= 11 is 3.58. The molecule has 0 fully saturated rings. The largest absolute Gasteiger partial charge is 0.327 e. The second-order valence-electron chi connectivity index (χ2n) is 4.96. The molecule has 0 saturated heterocycles. The average molecular weight is 299 g/mol. The van der Waals surface area contributed by atoms with E-state index < -0.39 is 0 Å². The molecule has 1 nitrogen and oxygen atoms in total. The normalized spacial score (nSPS) is 14.3. The first-order chi connectivity index (χ1) is 9.74. The van der Waals surface area contributed by atoms with Crippen LogP contribution in [0.2, 0.25) is 0 Å². The molecule has 2 atom stereocenters. The lowest BCUT2D eigenvalue weighted by molar-refractivity contribution is 0.723. The zero-order valence-corrected chi connectivity index (χ0v) is 13.0. The molecule has 102 valence electrons. The van der Waals surface area contributed by atoms with E-state index in [0.29, 0.717) is 5.25 Å². The van der Waals surface area contributed by atoms with Crippen LogP contribution in [0.4, 0.5) is 0 Å². The van der Waals surface area contributed by atoms with Crippen molar-refractivity contribution in [3.63, 3.8) is 0 Å². The number of benzene rings is 2. The van der Waals surface area contributed by atoms with Crippen molar-refractivity contribution < 1.29 is 0 Å². The molecule has 0 radical (unpaired) electrons. The second kappa shape index (κ2) is 6.00. The van der Waals surface area contributed by atoms with Gasteiger partial charge in [0.25, 0.3) is 0 Å². The van der Waals surface area contributed by atoms with Crippen molar-refractivity contribution >= 4 is 33.9 Å². The van der Waals surface area contributed by atoms with Gasteiger partial charge in [0.05, 0.1) is 5.25 Å². The summed E-state index contributed by atoms with van der Waals surface area (Å²) < 4.78 is 0. The van der Waals surface area contributed by atoms with Gasteiger partial charge in [0, 0.05) is 10.9 Å². The average Bonchev–Trinajstić information content (AvgIpc) is 2.98. The Labute approximate surface area is 127 Å². The molecule has 1 aromatic heterocycles. The zero-order valence-electron chi connectivity index (χ0n) is 11.3. The number of thiophene rings is 1. The van der Waals surface area contributed by atoms with Crippen LogP contribution in [0.15, 0.2) is 64.2 Å². The maximum absolute atomic E-state index is 6.17. The molecule has 0 aliphatic heterocycles. The molecule has 2 aromatic carbocycles. The van der Waals surface area contributed by atoms with Crippen molar-refractivity contribution in [1.82, 2.24) is 0 Å². The van der Waals surface area contributed by atoms with Crippen molar-refractivity contribution in [2.75, 3.05) is 0 Å². The highest BCUT2D eigenvalue weighted by molar-refractivity contribution is 7.99. The number of thioether (sulfide) groups is 1. The molecule has 0 aliphatic rings. The van der Waals surface area contributed by atoms with Crippen LogP contribution in [0.25, 0.3) is 10.8 Å². The standard InChI is InChI=1S/C17H17NS2/c1-12(18)17(15-8-9-19-11-15)20-16-7-6-13-4-2-3-5-14(13)10-16/h2-12,17H,18H2,1H3. The third kappa shape index (κ3) is 2.90. The monoisotopic (exact) mass is 299 g/mol. The fourth-order valence-corrected chi connectivity index (χ4v) is 4.22. The van der Waals surface area contributed by atoms with Gasteiger partial charge < -0.3 is 5.73 Å². The van der Waals surface area contributed by atoms with E-state index in [-0.39, 0.29) is 6.04 Å². The number of hydrogen-bond donors (Lipinski definition) is 1. The first-order valence-corrected chi connectivity index (χ1v) is 8.49. The zero-order chi connectivity index (χ0) is 13.9. The number of hydrogen-bond acceptors (Lipinski definition) is 3.